The van der Waals surface area contributed by atoms with Gasteiger partial charge in [0.1, 0.15) is 0 Å². The van der Waals surface area contributed by atoms with E-state index in [-0.39, 0.29) is 49.5 Å². The molecule has 0 radical (unpaired) electrons. The van der Waals surface area contributed by atoms with Crippen LogP contribution >= 0.6 is 7.82 Å². The summed E-state index contributed by atoms with van der Waals surface area (Å²) in [5.74, 6) is 0. The number of phosphoric acid groups is 1. The predicted molar refractivity (Wildman–Crippen MR) is 100 cm³/mol. The summed E-state index contributed by atoms with van der Waals surface area (Å²) in [4.78, 5) is 25.6. The second kappa shape index (κ2) is 21.6. The molecular weight excluding hydrogens is 523 g/mol. The molecule has 0 N–H and O–H groups in total. The molecule has 0 heterocycles. The maximum Gasteiger partial charge on any atom is 2.00 e. The summed E-state index contributed by atoms with van der Waals surface area (Å²) in [7, 11) is -5.39. The van der Waals surface area contributed by atoms with E-state index in [1.165, 1.54) is 0 Å². The minimum Gasteiger partial charge on any atom is -0.822 e. The summed E-state index contributed by atoms with van der Waals surface area (Å²) >= 11 is 0. The van der Waals surface area contributed by atoms with Crippen LogP contribution in [0.1, 0.15) is 16.7 Å². The smallest absolute Gasteiger partial charge is 0.822 e. The maximum absolute atomic E-state index is 8.55. The van der Waals surface area contributed by atoms with Gasteiger partial charge in [0, 0.05) is 0 Å². The first-order chi connectivity index (χ1) is 12.2. The molecule has 0 saturated carbocycles. The number of hydrogen-bond acceptors (Lipinski definition) is 4. The van der Waals surface area contributed by atoms with E-state index in [1.54, 1.807) is 0 Å². The second-order valence-electron chi connectivity index (χ2n) is 4.90. The van der Waals surface area contributed by atoms with Gasteiger partial charge in [-0.05, 0) is 0 Å². The molecule has 0 saturated heterocycles. The number of hydrogen-bond donors (Lipinski definition) is 0. The van der Waals surface area contributed by atoms with Crippen LogP contribution in [0.2, 0.25) is 0 Å². The van der Waals surface area contributed by atoms with Crippen molar-refractivity contribution in [2.24, 2.45) is 0 Å². The molecule has 0 aromatic heterocycles. The summed E-state index contributed by atoms with van der Waals surface area (Å²) in [5.41, 5.74) is 3.22. The van der Waals surface area contributed by atoms with Crippen molar-refractivity contribution in [1.82, 2.24) is 0 Å². The Labute approximate surface area is 204 Å². The Bertz CT molecular complexity index is 642. The summed E-state index contributed by atoms with van der Waals surface area (Å²) in [6, 6.07) is 29.6. The maximum atomic E-state index is 8.55. The van der Waals surface area contributed by atoms with Crippen molar-refractivity contribution in [3.63, 3.8) is 0 Å². The molecule has 8 heteroatoms. The van der Waals surface area contributed by atoms with Crippen LogP contribution in [0.3, 0.4) is 0 Å². The van der Waals surface area contributed by atoms with Crippen molar-refractivity contribution in [2.45, 2.75) is 0 Å². The van der Waals surface area contributed by atoms with Crippen LogP contribution in [0.25, 0.3) is 0 Å². The van der Waals surface area contributed by atoms with Gasteiger partial charge in [-0.1, -0.05) is 18.2 Å². The molecule has 0 aliphatic heterocycles. The van der Waals surface area contributed by atoms with Crippen LogP contribution in [-0.2, 0) is 54.0 Å². The zero-order valence-electron chi connectivity index (χ0n) is 15.3. The minimum atomic E-state index is -5.39. The van der Waals surface area contributed by atoms with E-state index < -0.39 is 7.82 Å². The van der Waals surface area contributed by atoms with Gasteiger partial charge in [-0.2, -0.15) is 81.7 Å². The molecule has 29 heavy (non-hydrogen) atoms. The third kappa shape index (κ3) is 31.8. The third-order valence-electron chi connectivity index (χ3n) is 2.53. The second-order valence-corrected chi connectivity index (χ2v) is 5.80. The fourth-order valence-corrected chi connectivity index (χ4v) is 1.43. The van der Waals surface area contributed by atoms with Gasteiger partial charge in [-0.15, -0.1) is 36.4 Å². The van der Waals surface area contributed by atoms with Gasteiger partial charge in [0.05, 0.1) is 0 Å². The Morgan fingerprint density at radius 2 is 0.621 bits per heavy atom. The van der Waals surface area contributed by atoms with Crippen LogP contribution in [0.15, 0.2) is 91.0 Å². The van der Waals surface area contributed by atoms with E-state index in [4.69, 9.17) is 19.2 Å². The zero-order valence-corrected chi connectivity index (χ0v) is 19.2. The molecule has 3 aromatic rings. The standard InChI is InChI=1S/3C7H7.3Ni.H3O4P/c3*1-7-5-3-2-4-6-7;;;;1-5(2,3)4/h3*2-6H,1H2;;;;(H3,1,2,3,4)/q3*-1;3*+2;/p-3. The van der Waals surface area contributed by atoms with Crippen molar-refractivity contribution in [1.29, 1.82) is 0 Å². The van der Waals surface area contributed by atoms with E-state index in [0.717, 1.165) is 16.7 Å². The van der Waals surface area contributed by atoms with Crippen LogP contribution in [0.5, 0.6) is 0 Å². The van der Waals surface area contributed by atoms with Crippen LogP contribution in [-0.4, -0.2) is 0 Å². The average Bonchev–Trinajstić information content (AvgIpc) is 2.57. The van der Waals surface area contributed by atoms with E-state index in [9.17, 15) is 0 Å². The normalized spacial score (nSPS) is 8.24. The summed E-state index contributed by atoms with van der Waals surface area (Å²) < 4.78 is 8.55. The number of rotatable bonds is 0. The zero-order chi connectivity index (χ0) is 19.8. The Morgan fingerprint density at radius 1 is 0.483 bits per heavy atom. The first kappa shape index (κ1) is 35.3. The van der Waals surface area contributed by atoms with Gasteiger partial charge in [0.15, 0.2) is 0 Å². The van der Waals surface area contributed by atoms with E-state index in [0.29, 0.717) is 0 Å². The van der Waals surface area contributed by atoms with Crippen molar-refractivity contribution in [3.05, 3.63) is 128 Å². The Balaban J connectivity index is -0.000000140. The molecule has 3 rings (SSSR count). The van der Waals surface area contributed by atoms with Gasteiger partial charge in [0.25, 0.3) is 0 Å². The Kier molecular flexibility index (Phi) is 26.3. The molecule has 0 spiro atoms. The molecule has 3 aromatic carbocycles. The summed E-state index contributed by atoms with van der Waals surface area (Å²) in [5, 5.41) is 0. The Hall–Kier alpha value is -1.14. The largest absolute Gasteiger partial charge is 2.00 e. The van der Waals surface area contributed by atoms with Gasteiger partial charge >= 0.3 is 49.5 Å². The number of benzene rings is 3. The molecule has 0 fully saturated rings. The molecule has 0 amide bonds. The van der Waals surface area contributed by atoms with Gasteiger partial charge in [0.2, 0.25) is 0 Å². The van der Waals surface area contributed by atoms with Crippen molar-refractivity contribution in [2.75, 3.05) is 0 Å². The predicted octanol–water partition coefficient (Wildman–Crippen LogP) is 2.77. The van der Waals surface area contributed by atoms with Gasteiger partial charge in [-0.25, -0.2) is 0 Å². The van der Waals surface area contributed by atoms with Crippen molar-refractivity contribution >= 4 is 7.82 Å². The molecule has 0 aliphatic rings. The SMILES string of the molecule is O=P([O-])([O-])[O-].[CH2-]c1ccccc1.[CH2-]c1ccccc1.[CH2-]c1ccccc1.[Ni+2].[Ni+2].[Ni+2]. The summed E-state index contributed by atoms with van der Waals surface area (Å²) in [6.07, 6.45) is 0. The molecular formula is C21H21Ni3O4P. The quantitative estimate of drug-likeness (QED) is 0.248. The molecule has 4 nitrogen and oxygen atoms in total. The van der Waals surface area contributed by atoms with Crippen LogP contribution in [0.4, 0.5) is 0 Å². The average molecular weight is 544 g/mol. The topological polar surface area (TPSA) is 86.2 Å². The molecule has 0 atom stereocenters. The van der Waals surface area contributed by atoms with E-state index >= 15 is 0 Å². The van der Waals surface area contributed by atoms with Gasteiger partial charge < -0.3 is 19.2 Å². The van der Waals surface area contributed by atoms with Crippen molar-refractivity contribution in [3.8, 4) is 0 Å². The third-order valence-corrected chi connectivity index (χ3v) is 2.53. The van der Waals surface area contributed by atoms with E-state index in [2.05, 4.69) is 20.8 Å². The van der Waals surface area contributed by atoms with E-state index in [1.807, 2.05) is 91.0 Å². The van der Waals surface area contributed by atoms with Gasteiger partial charge in [-0.3, -0.25) is 0 Å². The Morgan fingerprint density at radius 3 is 0.690 bits per heavy atom. The monoisotopic (exact) mass is 542 g/mol. The minimum absolute atomic E-state index is 0. The molecule has 0 unspecified atom stereocenters. The van der Waals surface area contributed by atoms with Crippen molar-refractivity contribution < 1.29 is 68.7 Å². The first-order valence-electron chi connectivity index (χ1n) is 7.52. The molecule has 0 bridgehead atoms. The first-order valence-corrected chi connectivity index (χ1v) is 8.98. The fourth-order valence-electron chi connectivity index (χ4n) is 1.43. The fraction of sp³-hybridized carbons (Fsp3) is 0. The summed E-state index contributed by atoms with van der Waals surface area (Å²) in [6.45, 7) is 11.2. The van der Waals surface area contributed by atoms with Crippen LogP contribution in [0, 0.1) is 20.8 Å². The van der Waals surface area contributed by atoms with Crippen LogP contribution < -0.4 is 14.7 Å². The molecule has 0 aliphatic carbocycles. The molecule has 164 valence electrons.